The van der Waals surface area contributed by atoms with E-state index in [1.54, 1.807) is 17.4 Å². The first-order valence-corrected chi connectivity index (χ1v) is 6.57. The fraction of sp³-hybridized carbons (Fsp3) is 0.308. The normalized spacial score (nSPS) is 12.6. The number of halogens is 1. The van der Waals surface area contributed by atoms with Crippen LogP contribution in [0.15, 0.2) is 18.2 Å². The highest BCUT2D eigenvalue weighted by Gasteiger charge is 2.23. The Bertz CT molecular complexity index is 563. The van der Waals surface area contributed by atoms with Gasteiger partial charge in [0.1, 0.15) is 5.82 Å². The molecule has 0 bridgehead atoms. The third-order valence-electron chi connectivity index (χ3n) is 3.01. The second-order valence-electron chi connectivity index (χ2n) is 4.25. The maximum atomic E-state index is 13.1. The zero-order valence-electron chi connectivity index (χ0n) is 9.37. The Morgan fingerprint density at radius 2 is 2.29 bits per heavy atom. The van der Waals surface area contributed by atoms with Crippen molar-refractivity contribution in [2.24, 2.45) is 5.73 Å². The quantitative estimate of drug-likeness (QED) is 0.774. The van der Waals surface area contributed by atoms with Crippen LogP contribution in [0.25, 0.3) is 11.3 Å². The fourth-order valence-corrected chi connectivity index (χ4v) is 3.35. The zero-order valence-corrected chi connectivity index (χ0v) is 10.2. The van der Waals surface area contributed by atoms with Crippen LogP contribution in [0.4, 0.5) is 4.39 Å². The van der Waals surface area contributed by atoms with E-state index < -0.39 is 0 Å². The summed E-state index contributed by atoms with van der Waals surface area (Å²) in [5.74, 6) is -0.165. The van der Waals surface area contributed by atoms with E-state index >= 15 is 0 Å². The first-order chi connectivity index (χ1) is 8.28. The van der Waals surface area contributed by atoms with Crippen LogP contribution >= 0.6 is 11.3 Å². The molecule has 4 heteroatoms. The summed E-state index contributed by atoms with van der Waals surface area (Å²) in [6.07, 6.45) is 2.75. The third kappa shape index (κ3) is 1.87. The summed E-state index contributed by atoms with van der Waals surface area (Å²) >= 11 is 1.74. The van der Waals surface area contributed by atoms with Gasteiger partial charge < -0.3 is 5.73 Å². The number of aryl methyl sites for hydroxylation is 1. The number of hydrogen-bond acceptors (Lipinski definition) is 3. The van der Waals surface area contributed by atoms with E-state index in [0.29, 0.717) is 6.54 Å². The smallest absolute Gasteiger partial charge is 0.123 e. The molecule has 0 amide bonds. The minimum Gasteiger partial charge on any atom is -0.330 e. The predicted molar refractivity (Wildman–Crippen MR) is 67.7 cm³/mol. The highest BCUT2D eigenvalue weighted by Crippen LogP contribution is 2.39. The van der Waals surface area contributed by atoms with E-state index in [1.165, 1.54) is 10.9 Å². The van der Waals surface area contributed by atoms with E-state index in [1.807, 2.05) is 6.07 Å². The standard InChI is InChI=1S/C13H13FN2S/c14-9-3-4-10-8(6-9)7-11-13(10)16-12(17-11)2-1-5-15/h3-4,6H,1-2,5,7,15H2. The van der Waals surface area contributed by atoms with Crippen LogP contribution in [-0.2, 0) is 12.8 Å². The van der Waals surface area contributed by atoms with Crippen molar-refractivity contribution in [3.63, 3.8) is 0 Å². The Hall–Kier alpha value is -1.26. The molecule has 0 fully saturated rings. The minimum atomic E-state index is -0.165. The number of nitrogens with two attached hydrogens (primary N) is 1. The maximum Gasteiger partial charge on any atom is 0.123 e. The Morgan fingerprint density at radius 1 is 1.41 bits per heavy atom. The first-order valence-electron chi connectivity index (χ1n) is 5.75. The molecule has 3 rings (SSSR count). The van der Waals surface area contributed by atoms with Gasteiger partial charge in [0.2, 0.25) is 0 Å². The molecular weight excluding hydrogens is 235 g/mol. The van der Waals surface area contributed by atoms with Gasteiger partial charge in [-0.05, 0) is 36.7 Å². The fourth-order valence-electron chi connectivity index (χ4n) is 2.20. The van der Waals surface area contributed by atoms with Gasteiger partial charge in [0.25, 0.3) is 0 Å². The lowest BCUT2D eigenvalue weighted by atomic mass is 10.1. The molecule has 1 aromatic carbocycles. The van der Waals surface area contributed by atoms with Crippen LogP contribution in [0.5, 0.6) is 0 Å². The molecule has 0 spiro atoms. The van der Waals surface area contributed by atoms with Crippen molar-refractivity contribution in [2.75, 3.05) is 6.54 Å². The molecule has 0 radical (unpaired) electrons. The molecule has 0 saturated heterocycles. The van der Waals surface area contributed by atoms with Crippen LogP contribution in [0.1, 0.15) is 21.9 Å². The van der Waals surface area contributed by atoms with Crippen molar-refractivity contribution in [3.05, 3.63) is 39.5 Å². The molecule has 1 aromatic heterocycles. The summed E-state index contributed by atoms with van der Waals surface area (Å²) in [5.41, 5.74) is 8.70. The molecule has 1 aliphatic carbocycles. The summed E-state index contributed by atoms with van der Waals surface area (Å²) < 4.78 is 13.1. The number of aromatic nitrogens is 1. The molecule has 2 N–H and O–H groups in total. The molecular formula is C13H13FN2S. The Balaban J connectivity index is 1.95. The van der Waals surface area contributed by atoms with Gasteiger partial charge in [0.15, 0.2) is 0 Å². The average Bonchev–Trinajstić information content (AvgIpc) is 2.82. The number of benzene rings is 1. The number of nitrogens with zero attached hydrogens (tertiary/aromatic N) is 1. The van der Waals surface area contributed by atoms with E-state index in [4.69, 9.17) is 5.73 Å². The third-order valence-corrected chi connectivity index (χ3v) is 4.12. The first kappa shape index (κ1) is 10.9. The van der Waals surface area contributed by atoms with Gasteiger partial charge in [0.05, 0.1) is 10.7 Å². The van der Waals surface area contributed by atoms with Gasteiger partial charge in [-0.3, -0.25) is 0 Å². The van der Waals surface area contributed by atoms with Crippen molar-refractivity contribution in [1.29, 1.82) is 0 Å². The maximum absolute atomic E-state index is 13.1. The Kier molecular flexibility index (Phi) is 2.68. The average molecular weight is 248 g/mol. The Morgan fingerprint density at radius 3 is 3.12 bits per heavy atom. The van der Waals surface area contributed by atoms with E-state index in [0.717, 1.165) is 41.1 Å². The van der Waals surface area contributed by atoms with Crippen molar-refractivity contribution >= 4 is 11.3 Å². The lowest BCUT2D eigenvalue weighted by molar-refractivity contribution is 0.626. The summed E-state index contributed by atoms with van der Waals surface area (Å²) in [6.45, 7) is 0.700. The van der Waals surface area contributed by atoms with Crippen molar-refractivity contribution in [2.45, 2.75) is 19.3 Å². The van der Waals surface area contributed by atoms with Gasteiger partial charge in [-0.15, -0.1) is 11.3 Å². The minimum absolute atomic E-state index is 0.165. The summed E-state index contributed by atoms with van der Waals surface area (Å²) in [4.78, 5) is 5.90. The van der Waals surface area contributed by atoms with Crippen molar-refractivity contribution in [1.82, 2.24) is 4.98 Å². The van der Waals surface area contributed by atoms with Crippen LogP contribution in [0.3, 0.4) is 0 Å². The molecule has 2 nitrogen and oxygen atoms in total. The van der Waals surface area contributed by atoms with Crippen molar-refractivity contribution < 1.29 is 4.39 Å². The van der Waals surface area contributed by atoms with E-state index in [9.17, 15) is 4.39 Å². The van der Waals surface area contributed by atoms with Gasteiger partial charge in [0, 0.05) is 23.3 Å². The number of rotatable bonds is 3. The summed E-state index contributed by atoms with van der Waals surface area (Å²) in [5, 5.41) is 1.15. The number of fused-ring (bicyclic) bond motifs is 3. The summed E-state index contributed by atoms with van der Waals surface area (Å²) in [7, 11) is 0. The predicted octanol–water partition coefficient (Wildman–Crippen LogP) is 2.74. The van der Waals surface area contributed by atoms with Gasteiger partial charge in [-0.2, -0.15) is 0 Å². The van der Waals surface area contributed by atoms with Gasteiger partial charge >= 0.3 is 0 Å². The monoisotopic (exact) mass is 248 g/mol. The van der Waals surface area contributed by atoms with Crippen LogP contribution in [0.2, 0.25) is 0 Å². The number of thiazole rings is 1. The SMILES string of the molecule is NCCCc1nc2c(s1)Cc1cc(F)ccc1-2. The highest BCUT2D eigenvalue weighted by atomic mass is 32.1. The molecule has 0 aliphatic heterocycles. The van der Waals surface area contributed by atoms with Crippen molar-refractivity contribution in [3.8, 4) is 11.3 Å². The molecule has 17 heavy (non-hydrogen) atoms. The van der Waals surface area contributed by atoms with Crippen LogP contribution in [-0.4, -0.2) is 11.5 Å². The molecule has 0 saturated carbocycles. The molecule has 2 aromatic rings. The highest BCUT2D eigenvalue weighted by molar-refractivity contribution is 7.12. The van der Waals surface area contributed by atoms with Crippen LogP contribution < -0.4 is 5.73 Å². The lowest BCUT2D eigenvalue weighted by Crippen LogP contribution is -2.00. The molecule has 1 heterocycles. The second kappa shape index (κ2) is 4.20. The van der Waals surface area contributed by atoms with Gasteiger partial charge in [-0.1, -0.05) is 0 Å². The molecule has 0 unspecified atom stereocenters. The second-order valence-corrected chi connectivity index (χ2v) is 5.42. The topological polar surface area (TPSA) is 38.9 Å². The van der Waals surface area contributed by atoms with E-state index in [-0.39, 0.29) is 5.82 Å². The number of hydrogen-bond donors (Lipinski definition) is 1. The molecule has 88 valence electrons. The lowest BCUT2D eigenvalue weighted by Gasteiger charge is -1.99. The van der Waals surface area contributed by atoms with E-state index in [2.05, 4.69) is 4.98 Å². The summed E-state index contributed by atoms with van der Waals surface area (Å²) in [6, 6.07) is 4.96. The molecule has 0 atom stereocenters. The Labute approximate surface area is 103 Å². The molecule has 1 aliphatic rings. The van der Waals surface area contributed by atoms with Gasteiger partial charge in [-0.25, -0.2) is 9.37 Å². The zero-order chi connectivity index (χ0) is 11.8. The van der Waals surface area contributed by atoms with Crippen LogP contribution in [0, 0.1) is 5.82 Å². The largest absolute Gasteiger partial charge is 0.330 e.